The minimum Gasteiger partial charge on any atom is -0.368 e. The zero-order valence-corrected chi connectivity index (χ0v) is 15.8. The molecule has 2 rings (SSSR count). The maximum Gasteiger partial charge on any atom is 0.220 e. The molecule has 0 radical (unpaired) electrons. The molecule has 0 bridgehead atoms. The SMILES string of the molecule is CC(=O)NCCCCCC(=O)NC1CCN(c2ccccc2Br)C1. The smallest absolute Gasteiger partial charge is 0.220 e. The van der Waals surface area contributed by atoms with Gasteiger partial charge < -0.3 is 15.5 Å². The number of para-hydroxylation sites is 1. The number of hydrogen-bond acceptors (Lipinski definition) is 3. The Morgan fingerprint density at radius 3 is 2.79 bits per heavy atom. The van der Waals surface area contributed by atoms with E-state index in [0.717, 1.165) is 43.2 Å². The fourth-order valence-electron chi connectivity index (χ4n) is 2.96. The van der Waals surface area contributed by atoms with Crippen molar-refractivity contribution >= 4 is 33.4 Å². The first-order valence-corrected chi connectivity index (χ1v) is 9.39. The van der Waals surface area contributed by atoms with Crippen LogP contribution in [0.25, 0.3) is 0 Å². The number of rotatable bonds is 8. The molecule has 6 heteroatoms. The predicted molar refractivity (Wildman–Crippen MR) is 100 cm³/mol. The molecule has 1 aliphatic heterocycles. The van der Waals surface area contributed by atoms with Crippen LogP contribution >= 0.6 is 15.9 Å². The summed E-state index contributed by atoms with van der Waals surface area (Å²) < 4.78 is 1.09. The van der Waals surface area contributed by atoms with Crippen molar-refractivity contribution in [1.82, 2.24) is 10.6 Å². The summed E-state index contributed by atoms with van der Waals surface area (Å²) in [5, 5.41) is 5.91. The molecule has 0 aliphatic carbocycles. The van der Waals surface area contributed by atoms with Crippen LogP contribution < -0.4 is 15.5 Å². The molecule has 5 nitrogen and oxygen atoms in total. The second-order valence-electron chi connectivity index (χ2n) is 6.24. The number of hydrogen-bond donors (Lipinski definition) is 2. The summed E-state index contributed by atoms with van der Waals surface area (Å²) in [5.74, 6) is 0.136. The van der Waals surface area contributed by atoms with Crippen molar-refractivity contribution in [2.24, 2.45) is 0 Å². The lowest BCUT2D eigenvalue weighted by Gasteiger charge is -2.20. The fourth-order valence-corrected chi connectivity index (χ4v) is 3.49. The van der Waals surface area contributed by atoms with Crippen LogP contribution in [0.1, 0.15) is 39.0 Å². The van der Waals surface area contributed by atoms with E-state index >= 15 is 0 Å². The molecule has 24 heavy (non-hydrogen) atoms. The Hall–Kier alpha value is -1.56. The Morgan fingerprint density at radius 1 is 1.25 bits per heavy atom. The summed E-state index contributed by atoms with van der Waals surface area (Å²) in [6.07, 6.45) is 4.29. The monoisotopic (exact) mass is 395 g/mol. The molecule has 0 saturated carbocycles. The van der Waals surface area contributed by atoms with Gasteiger partial charge in [-0.3, -0.25) is 9.59 Å². The molecule has 0 spiro atoms. The van der Waals surface area contributed by atoms with Crippen LogP contribution in [0.3, 0.4) is 0 Å². The highest BCUT2D eigenvalue weighted by Crippen LogP contribution is 2.28. The number of benzene rings is 1. The van der Waals surface area contributed by atoms with Crippen LogP contribution in [0, 0.1) is 0 Å². The standard InChI is InChI=1S/C18H26BrN3O2/c1-14(23)20-11-6-2-3-9-18(24)21-15-10-12-22(13-15)17-8-5-4-7-16(17)19/h4-5,7-8,15H,2-3,6,9-13H2,1H3,(H,20,23)(H,21,24). The molecule has 1 aliphatic rings. The van der Waals surface area contributed by atoms with Crippen molar-refractivity contribution in [1.29, 1.82) is 0 Å². The largest absolute Gasteiger partial charge is 0.368 e. The number of amides is 2. The molecule has 1 fully saturated rings. The van der Waals surface area contributed by atoms with E-state index in [4.69, 9.17) is 0 Å². The number of anilines is 1. The van der Waals surface area contributed by atoms with E-state index in [9.17, 15) is 9.59 Å². The zero-order valence-electron chi connectivity index (χ0n) is 14.2. The van der Waals surface area contributed by atoms with Gasteiger partial charge in [0.2, 0.25) is 11.8 Å². The van der Waals surface area contributed by atoms with E-state index in [0.29, 0.717) is 13.0 Å². The second-order valence-corrected chi connectivity index (χ2v) is 7.10. The molecule has 1 aromatic rings. The molecule has 1 aromatic carbocycles. The van der Waals surface area contributed by atoms with Gasteiger partial charge in [-0.25, -0.2) is 0 Å². The molecule has 1 atom stereocenters. The van der Waals surface area contributed by atoms with Gasteiger partial charge in [0.15, 0.2) is 0 Å². The van der Waals surface area contributed by atoms with Crippen LogP contribution in [0.4, 0.5) is 5.69 Å². The van der Waals surface area contributed by atoms with Gasteiger partial charge in [0.1, 0.15) is 0 Å². The summed E-state index contributed by atoms with van der Waals surface area (Å²) >= 11 is 3.59. The van der Waals surface area contributed by atoms with Gasteiger partial charge in [-0.15, -0.1) is 0 Å². The summed E-state index contributed by atoms with van der Waals surface area (Å²) in [7, 11) is 0. The van der Waals surface area contributed by atoms with E-state index in [-0.39, 0.29) is 17.9 Å². The van der Waals surface area contributed by atoms with E-state index < -0.39 is 0 Å². The highest BCUT2D eigenvalue weighted by Gasteiger charge is 2.24. The third-order valence-corrected chi connectivity index (χ3v) is 4.87. The minimum absolute atomic E-state index is 0.00332. The molecular weight excluding hydrogens is 370 g/mol. The Bertz CT molecular complexity index is 565. The van der Waals surface area contributed by atoms with Gasteiger partial charge in [0.05, 0.1) is 5.69 Å². The zero-order chi connectivity index (χ0) is 17.4. The van der Waals surface area contributed by atoms with Gasteiger partial charge >= 0.3 is 0 Å². The summed E-state index contributed by atoms with van der Waals surface area (Å²) in [4.78, 5) is 25.1. The highest BCUT2D eigenvalue weighted by molar-refractivity contribution is 9.10. The molecule has 2 amide bonds. The summed E-state index contributed by atoms with van der Waals surface area (Å²) in [6, 6.07) is 8.41. The average Bonchev–Trinajstić information content (AvgIpc) is 2.99. The Balaban J connectivity index is 1.63. The van der Waals surface area contributed by atoms with E-state index in [1.807, 2.05) is 18.2 Å². The van der Waals surface area contributed by atoms with Gasteiger partial charge in [-0.1, -0.05) is 18.6 Å². The van der Waals surface area contributed by atoms with E-state index in [2.05, 4.69) is 37.5 Å². The van der Waals surface area contributed by atoms with Crippen molar-refractivity contribution in [3.8, 4) is 0 Å². The third kappa shape index (κ3) is 6.15. The molecule has 1 unspecified atom stereocenters. The van der Waals surface area contributed by atoms with Gasteiger partial charge in [0, 0.05) is 43.5 Å². The first kappa shape index (κ1) is 18.8. The Kier molecular flexibility index (Phi) is 7.56. The molecule has 132 valence electrons. The molecule has 1 heterocycles. The summed E-state index contributed by atoms with van der Waals surface area (Å²) in [5.41, 5.74) is 1.19. The maximum absolute atomic E-state index is 12.0. The lowest BCUT2D eigenvalue weighted by molar-refractivity contribution is -0.122. The summed E-state index contributed by atoms with van der Waals surface area (Å²) in [6.45, 7) is 4.04. The topological polar surface area (TPSA) is 61.4 Å². The van der Waals surface area contributed by atoms with Crippen molar-refractivity contribution in [2.45, 2.75) is 45.1 Å². The average molecular weight is 396 g/mol. The second kappa shape index (κ2) is 9.67. The van der Waals surface area contributed by atoms with Gasteiger partial charge in [-0.2, -0.15) is 0 Å². The highest BCUT2D eigenvalue weighted by atomic mass is 79.9. The number of carbonyl (C=O) groups excluding carboxylic acids is 2. The van der Waals surface area contributed by atoms with Crippen LogP contribution in [0.15, 0.2) is 28.7 Å². The van der Waals surface area contributed by atoms with Crippen LogP contribution in [-0.2, 0) is 9.59 Å². The van der Waals surface area contributed by atoms with E-state index in [1.54, 1.807) is 0 Å². The van der Waals surface area contributed by atoms with Gasteiger partial charge in [-0.05, 0) is 47.3 Å². The van der Waals surface area contributed by atoms with Crippen LogP contribution in [-0.4, -0.2) is 37.5 Å². The lowest BCUT2D eigenvalue weighted by atomic mass is 10.1. The number of nitrogens with zero attached hydrogens (tertiary/aromatic N) is 1. The van der Waals surface area contributed by atoms with Crippen molar-refractivity contribution < 1.29 is 9.59 Å². The first-order chi connectivity index (χ1) is 11.6. The molecule has 2 N–H and O–H groups in total. The number of nitrogens with one attached hydrogen (secondary N) is 2. The van der Waals surface area contributed by atoms with Crippen LogP contribution in [0.2, 0.25) is 0 Å². The predicted octanol–water partition coefficient (Wildman–Crippen LogP) is 2.84. The minimum atomic E-state index is 0.00332. The number of unbranched alkanes of at least 4 members (excludes halogenated alkanes) is 2. The lowest BCUT2D eigenvalue weighted by Crippen LogP contribution is -2.37. The molecule has 0 aromatic heterocycles. The maximum atomic E-state index is 12.0. The van der Waals surface area contributed by atoms with Crippen LogP contribution in [0.5, 0.6) is 0 Å². The quantitative estimate of drug-likeness (QED) is 0.665. The molecular formula is C18H26BrN3O2. The fraction of sp³-hybridized carbons (Fsp3) is 0.556. The van der Waals surface area contributed by atoms with Crippen molar-refractivity contribution in [3.63, 3.8) is 0 Å². The first-order valence-electron chi connectivity index (χ1n) is 8.59. The Labute approximate surface area is 152 Å². The van der Waals surface area contributed by atoms with Crippen molar-refractivity contribution in [2.75, 3.05) is 24.5 Å². The third-order valence-electron chi connectivity index (χ3n) is 4.20. The normalized spacial score (nSPS) is 16.9. The Morgan fingerprint density at radius 2 is 2.04 bits per heavy atom. The van der Waals surface area contributed by atoms with E-state index in [1.165, 1.54) is 12.6 Å². The number of halogens is 1. The molecule has 1 saturated heterocycles. The van der Waals surface area contributed by atoms with Crippen molar-refractivity contribution in [3.05, 3.63) is 28.7 Å². The van der Waals surface area contributed by atoms with Gasteiger partial charge in [0.25, 0.3) is 0 Å². The number of carbonyl (C=O) groups is 2.